The maximum Gasteiger partial charge on any atom is 0.263 e. The van der Waals surface area contributed by atoms with E-state index in [0.717, 1.165) is 20.1 Å². The topological polar surface area (TPSA) is 74.8 Å². The van der Waals surface area contributed by atoms with Gasteiger partial charge >= 0.3 is 0 Å². The van der Waals surface area contributed by atoms with Crippen LogP contribution in [0.15, 0.2) is 51.7 Å². The molecule has 0 fully saturated rings. The number of para-hydroxylation sites is 1. The summed E-state index contributed by atoms with van der Waals surface area (Å²) in [4.78, 5) is 32.2. The summed E-state index contributed by atoms with van der Waals surface area (Å²) in [6.45, 7) is 1.78. The molecule has 2 N–H and O–H groups in total. The number of H-pyrrole nitrogens is 1. The van der Waals surface area contributed by atoms with Crippen LogP contribution in [-0.2, 0) is 0 Å². The number of anilines is 1. The minimum absolute atomic E-state index is 0.110. The first-order valence-corrected chi connectivity index (χ1v) is 9.13. The number of rotatable bonds is 2. The minimum atomic E-state index is -0.456. The van der Waals surface area contributed by atoms with Gasteiger partial charge in [-0.15, -0.1) is 0 Å². The molecule has 124 valence electrons. The van der Waals surface area contributed by atoms with Crippen molar-refractivity contribution < 1.29 is 4.79 Å². The Kier molecular flexibility index (Phi) is 3.89. The summed E-state index contributed by atoms with van der Waals surface area (Å²) in [5.41, 5.74) is 1.87. The quantitative estimate of drug-likeness (QED) is 0.509. The molecule has 2 aromatic carbocycles. The average Bonchev–Trinajstić information content (AvgIpc) is 2.96. The lowest BCUT2D eigenvalue weighted by atomic mass is 10.0. The predicted octanol–water partition coefficient (Wildman–Crippen LogP) is 4.46. The van der Waals surface area contributed by atoms with E-state index in [9.17, 15) is 9.59 Å². The fourth-order valence-electron chi connectivity index (χ4n) is 2.79. The monoisotopic (exact) mass is 413 g/mol. The smallest absolute Gasteiger partial charge is 0.263 e. The summed E-state index contributed by atoms with van der Waals surface area (Å²) in [7, 11) is 0. The van der Waals surface area contributed by atoms with Gasteiger partial charge in [-0.25, -0.2) is 4.98 Å². The predicted molar refractivity (Wildman–Crippen MR) is 105 cm³/mol. The summed E-state index contributed by atoms with van der Waals surface area (Å²) in [6.07, 6.45) is 0. The Balaban J connectivity index is 1.75. The van der Waals surface area contributed by atoms with Gasteiger partial charge in [0.05, 0.1) is 10.2 Å². The van der Waals surface area contributed by atoms with Gasteiger partial charge in [0, 0.05) is 15.4 Å². The van der Waals surface area contributed by atoms with Gasteiger partial charge in [-0.2, -0.15) is 0 Å². The number of aryl methyl sites for hydroxylation is 1. The van der Waals surface area contributed by atoms with E-state index in [1.54, 1.807) is 6.92 Å². The van der Waals surface area contributed by atoms with E-state index in [2.05, 4.69) is 31.2 Å². The number of fused-ring (bicyclic) bond motifs is 2. The molecule has 2 heterocycles. The number of nitrogens with one attached hydrogen (secondary N) is 2. The number of nitrogens with zero attached hydrogens (tertiary/aromatic N) is 1. The van der Waals surface area contributed by atoms with Gasteiger partial charge in [0.1, 0.15) is 5.56 Å². The summed E-state index contributed by atoms with van der Waals surface area (Å²) >= 11 is 4.78. The van der Waals surface area contributed by atoms with E-state index >= 15 is 0 Å². The summed E-state index contributed by atoms with van der Waals surface area (Å²) in [5.74, 6) is -0.456. The van der Waals surface area contributed by atoms with E-state index in [1.807, 2.05) is 42.5 Å². The number of halogens is 1. The molecule has 7 heteroatoms. The zero-order valence-electron chi connectivity index (χ0n) is 13.1. The molecule has 0 aliphatic heterocycles. The standard InChI is InChI=1S/C18H12BrN3O2S/c1-9-11-4-2-3-5-12(11)20-16(23)15(9)17(24)22-18-21-13-7-6-10(19)8-14(13)25-18/h2-8H,1H3,(H,20,23)(H,21,22,24). The Labute approximate surface area is 154 Å². The lowest BCUT2D eigenvalue weighted by Crippen LogP contribution is -2.24. The first-order valence-electron chi connectivity index (χ1n) is 7.52. The van der Waals surface area contributed by atoms with Gasteiger partial charge in [-0.05, 0) is 36.8 Å². The highest BCUT2D eigenvalue weighted by molar-refractivity contribution is 9.10. The lowest BCUT2D eigenvalue weighted by Gasteiger charge is -2.08. The Morgan fingerprint density at radius 3 is 2.88 bits per heavy atom. The highest BCUT2D eigenvalue weighted by Gasteiger charge is 2.18. The number of hydrogen-bond donors (Lipinski definition) is 2. The number of hydrogen-bond acceptors (Lipinski definition) is 4. The van der Waals surface area contributed by atoms with Crippen LogP contribution in [0.5, 0.6) is 0 Å². The van der Waals surface area contributed by atoms with Crippen molar-refractivity contribution in [3.63, 3.8) is 0 Å². The van der Waals surface area contributed by atoms with Crippen LogP contribution < -0.4 is 10.9 Å². The first kappa shape index (κ1) is 16.0. The average molecular weight is 414 g/mol. The van der Waals surface area contributed by atoms with Gasteiger partial charge in [-0.3, -0.25) is 14.9 Å². The van der Waals surface area contributed by atoms with Crippen LogP contribution in [0.1, 0.15) is 15.9 Å². The van der Waals surface area contributed by atoms with Crippen LogP contribution in [0.4, 0.5) is 5.13 Å². The van der Waals surface area contributed by atoms with Crippen LogP contribution in [0, 0.1) is 6.92 Å². The highest BCUT2D eigenvalue weighted by Crippen LogP contribution is 2.29. The van der Waals surface area contributed by atoms with Gasteiger partial charge in [0.25, 0.3) is 11.5 Å². The molecule has 0 unspecified atom stereocenters. The van der Waals surface area contributed by atoms with Crippen LogP contribution in [0.25, 0.3) is 21.1 Å². The number of thiazole rings is 1. The molecule has 0 spiro atoms. The van der Waals surface area contributed by atoms with Crippen molar-refractivity contribution in [2.24, 2.45) is 0 Å². The third-order valence-corrected chi connectivity index (χ3v) is 5.41. The summed E-state index contributed by atoms with van der Waals surface area (Å²) in [5, 5.41) is 4.06. The molecule has 0 radical (unpaired) electrons. The van der Waals surface area contributed by atoms with E-state index in [0.29, 0.717) is 16.2 Å². The molecule has 25 heavy (non-hydrogen) atoms. The second-order valence-electron chi connectivity index (χ2n) is 5.58. The number of aromatic amines is 1. The van der Waals surface area contributed by atoms with E-state index in [4.69, 9.17) is 0 Å². The molecule has 5 nitrogen and oxygen atoms in total. The van der Waals surface area contributed by atoms with E-state index in [-0.39, 0.29) is 5.56 Å². The van der Waals surface area contributed by atoms with Crippen molar-refractivity contribution in [1.29, 1.82) is 0 Å². The molecule has 2 aromatic heterocycles. The second-order valence-corrected chi connectivity index (χ2v) is 7.53. The number of aromatic nitrogens is 2. The number of pyridine rings is 1. The molecular formula is C18H12BrN3O2S. The molecule has 0 bridgehead atoms. The molecule has 4 rings (SSSR count). The molecule has 4 aromatic rings. The molecule has 0 saturated heterocycles. The van der Waals surface area contributed by atoms with E-state index in [1.165, 1.54) is 11.3 Å². The third-order valence-electron chi connectivity index (χ3n) is 3.98. The normalized spacial score (nSPS) is 11.1. The molecular weight excluding hydrogens is 402 g/mol. The second kappa shape index (κ2) is 6.09. The van der Waals surface area contributed by atoms with Crippen LogP contribution in [0.3, 0.4) is 0 Å². The molecule has 0 aliphatic rings. The zero-order chi connectivity index (χ0) is 17.6. The van der Waals surface area contributed by atoms with Crippen molar-refractivity contribution in [1.82, 2.24) is 9.97 Å². The SMILES string of the molecule is Cc1c(C(=O)Nc2nc3ccc(Br)cc3s2)c(=O)[nH]c2ccccc12. The number of amides is 1. The summed E-state index contributed by atoms with van der Waals surface area (Å²) in [6, 6.07) is 13.1. The Bertz CT molecular complexity index is 1200. The van der Waals surface area contributed by atoms with Crippen molar-refractivity contribution in [3.8, 4) is 0 Å². The highest BCUT2D eigenvalue weighted by atomic mass is 79.9. The van der Waals surface area contributed by atoms with Gasteiger partial charge in [0.15, 0.2) is 5.13 Å². The Morgan fingerprint density at radius 1 is 1.24 bits per heavy atom. The number of carbonyl (C=O) groups is 1. The van der Waals surface area contributed by atoms with Gasteiger partial charge in [-0.1, -0.05) is 45.5 Å². The van der Waals surface area contributed by atoms with Crippen LogP contribution >= 0.6 is 27.3 Å². The maximum atomic E-state index is 12.7. The Morgan fingerprint density at radius 2 is 2.04 bits per heavy atom. The van der Waals surface area contributed by atoms with Gasteiger partial charge in [0.2, 0.25) is 0 Å². The third kappa shape index (κ3) is 2.85. The minimum Gasteiger partial charge on any atom is -0.321 e. The number of benzene rings is 2. The number of carbonyl (C=O) groups excluding carboxylic acids is 1. The van der Waals surface area contributed by atoms with Crippen molar-refractivity contribution in [2.45, 2.75) is 6.92 Å². The Hall–Kier alpha value is -2.51. The first-order chi connectivity index (χ1) is 12.0. The van der Waals surface area contributed by atoms with Gasteiger partial charge < -0.3 is 4.98 Å². The summed E-state index contributed by atoms with van der Waals surface area (Å²) < 4.78 is 1.90. The molecule has 0 aliphatic carbocycles. The van der Waals surface area contributed by atoms with Crippen molar-refractivity contribution >= 4 is 59.4 Å². The fraction of sp³-hybridized carbons (Fsp3) is 0.0556. The van der Waals surface area contributed by atoms with E-state index < -0.39 is 11.5 Å². The fourth-order valence-corrected chi connectivity index (χ4v) is 4.21. The molecule has 0 saturated carbocycles. The van der Waals surface area contributed by atoms with Crippen LogP contribution in [-0.4, -0.2) is 15.9 Å². The zero-order valence-corrected chi connectivity index (χ0v) is 15.5. The van der Waals surface area contributed by atoms with Crippen molar-refractivity contribution in [3.05, 3.63) is 68.4 Å². The molecule has 1 amide bonds. The maximum absolute atomic E-state index is 12.7. The van der Waals surface area contributed by atoms with Crippen LogP contribution in [0.2, 0.25) is 0 Å². The largest absolute Gasteiger partial charge is 0.321 e. The molecule has 0 atom stereocenters. The van der Waals surface area contributed by atoms with Crippen molar-refractivity contribution in [2.75, 3.05) is 5.32 Å². The lowest BCUT2D eigenvalue weighted by molar-refractivity contribution is 0.102.